The van der Waals surface area contributed by atoms with Crippen molar-refractivity contribution < 1.29 is 14.6 Å². The van der Waals surface area contributed by atoms with Gasteiger partial charge >= 0.3 is 5.97 Å². The van der Waals surface area contributed by atoms with Crippen LogP contribution in [0.3, 0.4) is 0 Å². The fourth-order valence-corrected chi connectivity index (χ4v) is 2.58. The van der Waals surface area contributed by atoms with Gasteiger partial charge in [-0.25, -0.2) is 0 Å². The van der Waals surface area contributed by atoms with Crippen molar-refractivity contribution in [1.82, 2.24) is 0 Å². The van der Waals surface area contributed by atoms with Crippen molar-refractivity contribution in [3.63, 3.8) is 0 Å². The van der Waals surface area contributed by atoms with Gasteiger partial charge in [0.25, 0.3) is 0 Å². The van der Waals surface area contributed by atoms with Gasteiger partial charge in [0.05, 0.1) is 12.5 Å². The molecule has 0 bridgehead atoms. The van der Waals surface area contributed by atoms with Gasteiger partial charge in [-0.05, 0) is 18.3 Å². The van der Waals surface area contributed by atoms with Crippen molar-refractivity contribution in [3.8, 4) is 0 Å². The maximum absolute atomic E-state index is 11.2. The molecule has 1 aliphatic carbocycles. The molecule has 1 saturated heterocycles. The number of rotatable bonds is 1. The molecule has 0 aromatic carbocycles. The zero-order valence-corrected chi connectivity index (χ0v) is 7.19. The van der Waals surface area contributed by atoms with E-state index in [-0.39, 0.29) is 18.5 Å². The summed E-state index contributed by atoms with van der Waals surface area (Å²) in [5, 5.41) is 9.03. The van der Waals surface area contributed by atoms with Crippen LogP contribution in [-0.2, 0) is 9.53 Å². The fraction of sp³-hybridized carbons (Fsp3) is 0.889. The Labute approximate surface area is 71.7 Å². The molecule has 2 fully saturated rings. The van der Waals surface area contributed by atoms with E-state index >= 15 is 0 Å². The number of aliphatic hydroxyl groups is 1. The summed E-state index contributed by atoms with van der Waals surface area (Å²) >= 11 is 0. The van der Waals surface area contributed by atoms with Crippen LogP contribution >= 0.6 is 0 Å². The van der Waals surface area contributed by atoms with Gasteiger partial charge in [0.1, 0.15) is 0 Å². The van der Waals surface area contributed by atoms with Crippen molar-refractivity contribution >= 4 is 5.97 Å². The van der Waals surface area contributed by atoms with E-state index in [1.54, 1.807) is 0 Å². The smallest absolute Gasteiger partial charge is 0.309 e. The van der Waals surface area contributed by atoms with Gasteiger partial charge in [0.15, 0.2) is 0 Å². The van der Waals surface area contributed by atoms with E-state index in [2.05, 4.69) is 0 Å². The van der Waals surface area contributed by atoms with E-state index in [1.807, 2.05) is 6.92 Å². The summed E-state index contributed by atoms with van der Waals surface area (Å²) in [6.07, 6.45) is 0.952. The van der Waals surface area contributed by atoms with E-state index < -0.39 is 0 Å². The summed E-state index contributed by atoms with van der Waals surface area (Å²) in [5.41, 5.74) is 0. The summed E-state index contributed by atoms with van der Waals surface area (Å²) in [4.78, 5) is 11.2. The van der Waals surface area contributed by atoms with Crippen molar-refractivity contribution in [2.24, 2.45) is 23.7 Å². The molecular formula is C9H14O3. The minimum absolute atomic E-state index is 0.0524. The minimum Gasteiger partial charge on any atom is -0.465 e. The number of ether oxygens (including phenoxy) is 1. The quantitative estimate of drug-likeness (QED) is 0.580. The molecule has 3 heteroatoms. The standard InChI is InChI=1S/C9H14O3/c1-5-6(3-10)2-7-4-12-9(11)8(5)7/h5-8,10H,2-4H2,1H3/t5-,6-,7+,8+/m0/s1. The van der Waals surface area contributed by atoms with Gasteiger partial charge in [0, 0.05) is 12.5 Å². The molecule has 2 aliphatic rings. The number of carbonyl (C=O) groups excluding carboxylic acids is 1. The average Bonchev–Trinajstić information content (AvgIpc) is 2.55. The largest absolute Gasteiger partial charge is 0.465 e. The Bertz CT molecular complexity index is 202. The minimum atomic E-state index is -0.0524. The van der Waals surface area contributed by atoms with Crippen molar-refractivity contribution in [2.45, 2.75) is 13.3 Å². The number of hydrogen-bond acceptors (Lipinski definition) is 3. The SMILES string of the molecule is C[C@H]1[C@H](CO)C[C@@H]2COC(=O)[C@@H]21. The zero-order valence-electron chi connectivity index (χ0n) is 7.19. The van der Waals surface area contributed by atoms with Crippen LogP contribution in [0.1, 0.15) is 13.3 Å². The van der Waals surface area contributed by atoms with Crippen molar-refractivity contribution in [2.75, 3.05) is 13.2 Å². The van der Waals surface area contributed by atoms with E-state index in [0.717, 1.165) is 6.42 Å². The van der Waals surface area contributed by atoms with E-state index in [9.17, 15) is 4.79 Å². The lowest BCUT2D eigenvalue weighted by atomic mass is 9.90. The lowest BCUT2D eigenvalue weighted by Crippen LogP contribution is -2.20. The Morgan fingerprint density at radius 3 is 3.00 bits per heavy atom. The van der Waals surface area contributed by atoms with Crippen LogP contribution in [0.15, 0.2) is 0 Å². The molecule has 1 saturated carbocycles. The maximum Gasteiger partial charge on any atom is 0.309 e. The lowest BCUT2D eigenvalue weighted by Gasteiger charge is -2.14. The molecule has 2 rings (SSSR count). The van der Waals surface area contributed by atoms with Crippen LogP contribution in [0.4, 0.5) is 0 Å². The highest BCUT2D eigenvalue weighted by molar-refractivity contribution is 5.75. The Hall–Kier alpha value is -0.570. The molecule has 3 nitrogen and oxygen atoms in total. The van der Waals surface area contributed by atoms with Gasteiger partial charge in [-0.15, -0.1) is 0 Å². The first-order chi connectivity index (χ1) is 5.74. The molecule has 1 heterocycles. The third-order valence-electron chi connectivity index (χ3n) is 3.37. The van der Waals surface area contributed by atoms with E-state index in [4.69, 9.17) is 9.84 Å². The van der Waals surface area contributed by atoms with Crippen molar-refractivity contribution in [1.29, 1.82) is 0 Å². The van der Waals surface area contributed by atoms with Crippen molar-refractivity contribution in [3.05, 3.63) is 0 Å². The zero-order chi connectivity index (χ0) is 8.72. The molecule has 12 heavy (non-hydrogen) atoms. The Kier molecular flexibility index (Phi) is 1.83. The van der Waals surface area contributed by atoms with Gasteiger partial charge in [0.2, 0.25) is 0 Å². The fourth-order valence-electron chi connectivity index (χ4n) is 2.58. The predicted octanol–water partition coefficient (Wildman–Crippen LogP) is 0.424. The molecule has 0 radical (unpaired) electrons. The van der Waals surface area contributed by atoms with Gasteiger partial charge < -0.3 is 9.84 Å². The highest BCUT2D eigenvalue weighted by Gasteiger charge is 2.49. The first-order valence-electron chi connectivity index (χ1n) is 4.51. The summed E-state index contributed by atoms with van der Waals surface area (Å²) in [6, 6.07) is 0. The number of carbonyl (C=O) groups is 1. The second kappa shape index (κ2) is 2.73. The molecule has 68 valence electrons. The molecule has 1 aliphatic heterocycles. The van der Waals surface area contributed by atoms with E-state index in [1.165, 1.54) is 0 Å². The molecule has 0 unspecified atom stereocenters. The van der Waals surface area contributed by atoms with Gasteiger partial charge in [-0.1, -0.05) is 6.92 Å². The van der Waals surface area contributed by atoms with Gasteiger partial charge in [-0.3, -0.25) is 4.79 Å². The topological polar surface area (TPSA) is 46.5 Å². The van der Waals surface area contributed by atoms with E-state index in [0.29, 0.717) is 24.4 Å². The monoisotopic (exact) mass is 170 g/mol. The third-order valence-corrected chi connectivity index (χ3v) is 3.37. The molecule has 4 atom stereocenters. The summed E-state index contributed by atoms with van der Waals surface area (Å²) in [6.45, 7) is 2.82. The van der Waals surface area contributed by atoms with Crippen LogP contribution in [0, 0.1) is 23.7 Å². The highest BCUT2D eigenvalue weighted by Crippen LogP contribution is 2.45. The Morgan fingerprint density at radius 2 is 2.42 bits per heavy atom. The summed E-state index contributed by atoms with van der Waals surface area (Å²) < 4.78 is 4.96. The molecule has 0 spiro atoms. The molecule has 0 amide bonds. The second-order valence-corrected chi connectivity index (χ2v) is 3.95. The third kappa shape index (κ3) is 0.959. The Morgan fingerprint density at radius 1 is 1.67 bits per heavy atom. The average molecular weight is 170 g/mol. The summed E-state index contributed by atoms with van der Waals surface area (Å²) in [7, 11) is 0. The molecule has 0 aromatic rings. The van der Waals surface area contributed by atoms with Crippen LogP contribution < -0.4 is 0 Å². The first kappa shape index (κ1) is 8.05. The maximum atomic E-state index is 11.2. The predicted molar refractivity (Wildman–Crippen MR) is 42.3 cm³/mol. The lowest BCUT2D eigenvalue weighted by molar-refractivity contribution is -0.142. The number of fused-ring (bicyclic) bond motifs is 1. The molecular weight excluding hydrogens is 156 g/mol. The van der Waals surface area contributed by atoms with Crippen LogP contribution in [0.5, 0.6) is 0 Å². The first-order valence-corrected chi connectivity index (χ1v) is 4.51. The molecule has 0 aromatic heterocycles. The highest BCUT2D eigenvalue weighted by atomic mass is 16.5. The number of aliphatic hydroxyl groups excluding tert-OH is 1. The number of cyclic esters (lactones) is 1. The number of esters is 1. The van der Waals surface area contributed by atoms with Crippen LogP contribution in [-0.4, -0.2) is 24.3 Å². The van der Waals surface area contributed by atoms with Gasteiger partial charge in [-0.2, -0.15) is 0 Å². The normalized spacial score (nSPS) is 46.0. The van der Waals surface area contributed by atoms with Crippen LogP contribution in [0.25, 0.3) is 0 Å². The van der Waals surface area contributed by atoms with Crippen LogP contribution in [0.2, 0.25) is 0 Å². The molecule has 1 N–H and O–H groups in total. The second-order valence-electron chi connectivity index (χ2n) is 3.95. The Balaban J connectivity index is 2.14. The number of hydrogen-bond donors (Lipinski definition) is 1. The summed E-state index contributed by atoms with van der Waals surface area (Å²) in [5.74, 6) is 1.01.